The summed E-state index contributed by atoms with van der Waals surface area (Å²) in [6.07, 6.45) is 8.77. The van der Waals surface area contributed by atoms with Crippen LogP contribution in [0.2, 0.25) is 0 Å². The lowest BCUT2D eigenvalue weighted by molar-refractivity contribution is -0.683. The van der Waals surface area contributed by atoms with E-state index in [0.29, 0.717) is 6.54 Å². The van der Waals surface area contributed by atoms with Gasteiger partial charge in [0.2, 0.25) is 12.3 Å². The van der Waals surface area contributed by atoms with Crippen molar-refractivity contribution < 1.29 is 14.1 Å². The largest absolute Gasteiger partial charge is 0.376 e. The van der Waals surface area contributed by atoms with E-state index in [1.807, 2.05) is 30.0 Å². The molecule has 134 valence electrons. The van der Waals surface area contributed by atoms with Gasteiger partial charge in [0, 0.05) is 42.2 Å². The molecule has 25 heavy (non-hydrogen) atoms. The maximum atomic E-state index is 12.8. The van der Waals surface area contributed by atoms with Crippen LogP contribution < -0.4 is 4.57 Å². The van der Waals surface area contributed by atoms with Crippen LogP contribution in [0.1, 0.15) is 53.5 Å². The molecule has 4 heteroatoms. The van der Waals surface area contributed by atoms with Crippen molar-refractivity contribution in [2.75, 3.05) is 6.61 Å². The van der Waals surface area contributed by atoms with Crippen LogP contribution in [0.3, 0.4) is 0 Å². The average Bonchev–Trinajstić information content (AvgIpc) is 3.20. The number of hydrogen-bond acceptors (Lipinski definition) is 2. The smallest absolute Gasteiger partial charge is 0.229 e. The summed E-state index contributed by atoms with van der Waals surface area (Å²) in [5, 5.41) is 0. The average molecular weight is 341 g/mol. The van der Waals surface area contributed by atoms with Crippen LogP contribution in [0.15, 0.2) is 30.6 Å². The summed E-state index contributed by atoms with van der Waals surface area (Å²) in [6, 6.07) is 6.24. The molecule has 0 saturated carbocycles. The van der Waals surface area contributed by atoms with Gasteiger partial charge in [0.25, 0.3) is 0 Å². The number of nitrogens with zero attached hydrogens (tertiary/aromatic N) is 2. The molecule has 0 radical (unpaired) electrons. The molecule has 0 aromatic carbocycles. The van der Waals surface area contributed by atoms with Crippen molar-refractivity contribution in [2.24, 2.45) is 0 Å². The number of carbonyl (C=O) groups excluding carboxylic acids is 1. The second kappa shape index (κ2) is 7.96. The monoisotopic (exact) mass is 341 g/mol. The number of rotatable bonds is 7. The van der Waals surface area contributed by atoms with Crippen molar-refractivity contribution in [3.63, 3.8) is 0 Å². The van der Waals surface area contributed by atoms with Gasteiger partial charge in [-0.2, -0.15) is 4.57 Å². The first-order valence-corrected chi connectivity index (χ1v) is 9.38. The van der Waals surface area contributed by atoms with Gasteiger partial charge in [-0.1, -0.05) is 13.3 Å². The van der Waals surface area contributed by atoms with E-state index in [1.165, 1.54) is 5.56 Å². The van der Waals surface area contributed by atoms with Crippen LogP contribution in [0.5, 0.6) is 0 Å². The van der Waals surface area contributed by atoms with Gasteiger partial charge >= 0.3 is 0 Å². The Morgan fingerprint density at radius 1 is 1.32 bits per heavy atom. The van der Waals surface area contributed by atoms with Crippen LogP contribution in [0, 0.1) is 13.8 Å². The standard InChI is InChI=1S/C21H29N2O2/c1-4-6-18-8-10-22(11-9-18)15-21(24)20-13-16(2)23(17(20)3)14-19-7-5-12-25-19/h8-11,13,19H,4-7,12,14-15H2,1-3H3/q+1/t19-/m1/s1. The molecule has 0 N–H and O–H groups in total. The Balaban J connectivity index is 1.71. The predicted octanol–water partition coefficient (Wildman–Crippen LogP) is 3.41. The Morgan fingerprint density at radius 2 is 2.08 bits per heavy atom. The quantitative estimate of drug-likeness (QED) is 0.571. The summed E-state index contributed by atoms with van der Waals surface area (Å²) in [6.45, 7) is 8.40. The molecule has 0 unspecified atom stereocenters. The van der Waals surface area contributed by atoms with Crippen molar-refractivity contribution in [2.45, 2.75) is 65.6 Å². The Labute approximate surface area is 150 Å². The van der Waals surface area contributed by atoms with Crippen molar-refractivity contribution in [1.82, 2.24) is 4.57 Å². The van der Waals surface area contributed by atoms with Crippen LogP contribution >= 0.6 is 0 Å². The van der Waals surface area contributed by atoms with Crippen molar-refractivity contribution in [1.29, 1.82) is 0 Å². The molecule has 1 saturated heterocycles. The van der Waals surface area contributed by atoms with E-state index in [0.717, 1.165) is 55.8 Å². The highest BCUT2D eigenvalue weighted by molar-refractivity contribution is 5.96. The molecule has 0 aliphatic carbocycles. The first-order valence-electron chi connectivity index (χ1n) is 9.38. The lowest BCUT2D eigenvalue weighted by atomic mass is 10.1. The first-order chi connectivity index (χ1) is 12.1. The molecule has 3 rings (SSSR count). The van der Waals surface area contributed by atoms with Gasteiger partial charge in [0.1, 0.15) is 0 Å². The lowest BCUT2D eigenvalue weighted by Crippen LogP contribution is -2.37. The normalized spacial score (nSPS) is 17.2. The molecule has 4 nitrogen and oxygen atoms in total. The van der Waals surface area contributed by atoms with E-state index in [1.54, 1.807) is 0 Å². The van der Waals surface area contributed by atoms with Gasteiger partial charge in [-0.3, -0.25) is 4.79 Å². The van der Waals surface area contributed by atoms with Gasteiger partial charge < -0.3 is 9.30 Å². The van der Waals surface area contributed by atoms with Gasteiger partial charge in [0.05, 0.1) is 6.10 Å². The Kier molecular flexibility index (Phi) is 5.69. The molecular weight excluding hydrogens is 312 g/mol. The van der Waals surface area contributed by atoms with E-state index in [-0.39, 0.29) is 11.9 Å². The van der Waals surface area contributed by atoms with Crippen LogP contribution in [-0.2, 0) is 24.2 Å². The van der Waals surface area contributed by atoms with Crippen molar-refractivity contribution in [3.05, 3.63) is 53.1 Å². The number of aryl methyl sites for hydroxylation is 2. The van der Waals surface area contributed by atoms with Crippen LogP contribution in [0.4, 0.5) is 0 Å². The minimum absolute atomic E-state index is 0.167. The number of Topliss-reactive ketones (excluding diaryl/α,β-unsaturated/α-hetero) is 1. The lowest BCUT2D eigenvalue weighted by Gasteiger charge is -2.14. The van der Waals surface area contributed by atoms with E-state index in [9.17, 15) is 4.79 Å². The SMILES string of the molecule is CCCc1cc[n+](CC(=O)c2cc(C)n(C[C@H]3CCCO3)c2C)cc1. The van der Waals surface area contributed by atoms with E-state index >= 15 is 0 Å². The van der Waals surface area contributed by atoms with Gasteiger partial charge in [-0.15, -0.1) is 0 Å². The Hall–Kier alpha value is -1.94. The summed E-state index contributed by atoms with van der Waals surface area (Å²) in [4.78, 5) is 12.8. The zero-order valence-electron chi connectivity index (χ0n) is 15.6. The molecule has 2 aromatic rings. The molecule has 1 aliphatic heterocycles. The Bertz CT molecular complexity index is 725. The van der Waals surface area contributed by atoms with Crippen molar-refractivity contribution in [3.8, 4) is 0 Å². The topological polar surface area (TPSA) is 35.1 Å². The molecule has 3 heterocycles. The van der Waals surface area contributed by atoms with Gasteiger partial charge in [-0.25, -0.2) is 0 Å². The molecular formula is C21H29N2O2+. The predicted molar refractivity (Wildman–Crippen MR) is 97.8 cm³/mol. The fraction of sp³-hybridized carbons (Fsp3) is 0.524. The van der Waals surface area contributed by atoms with Crippen LogP contribution in [0.25, 0.3) is 0 Å². The number of carbonyl (C=O) groups is 1. The number of aromatic nitrogens is 2. The minimum atomic E-state index is 0.167. The first kappa shape index (κ1) is 17.9. The van der Waals surface area contributed by atoms with Gasteiger partial charge in [-0.05, 0) is 44.7 Å². The highest BCUT2D eigenvalue weighted by Gasteiger charge is 2.22. The number of ether oxygens (including phenoxy) is 1. The molecule has 0 spiro atoms. The maximum Gasteiger partial charge on any atom is 0.229 e. The zero-order valence-corrected chi connectivity index (χ0v) is 15.6. The van der Waals surface area contributed by atoms with E-state index < -0.39 is 0 Å². The fourth-order valence-corrected chi connectivity index (χ4v) is 3.66. The molecule has 1 aliphatic rings. The summed E-state index contributed by atoms with van der Waals surface area (Å²) < 4.78 is 9.95. The third kappa shape index (κ3) is 4.18. The number of ketones is 1. The summed E-state index contributed by atoms with van der Waals surface area (Å²) in [5.41, 5.74) is 4.35. The summed E-state index contributed by atoms with van der Waals surface area (Å²) in [7, 11) is 0. The van der Waals surface area contributed by atoms with Crippen LogP contribution in [-0.4, -0.2) is 23.1 Å². The molecule has 0 bridgehead atoms. The highest BCUT2D eigenvalue weighted by atomic mass is 16.5. The van der Waals surface area contributed by atoms with Crippen molar-refractivity contribution >= 4 is 5.78 Å². The van der Waals surface area contributed by atoms with Gasteiger partial charge in [0.15, 0.2) is 12.4 Å². The summed E-state index contributed by atoms with van der Waals surface area (Å²) >= 11 is 0. The highest BCUT2D eigenvalue weighted by Crippen LogP contribution is 2.20. The second-order valence-corrected chi connectivity index (χ2v) is 7.08. The number of hydrogen-bond donors (Lipinski definition) is 0. The summed E-state index contributed by atoms with van der Waals surface area (Å²) in [5.74, 6) is 0.167. The third-order valence-electron chi connectivity index (χ3n) is 5.11. The minimum Gasteiger partial charge on any atom is -0.376 e. The van der Waals surface area contributed by atoms with E-state index in [4.69, 9.17) is 4.74 Å². The zero-order chi connectivity index (χ0) is 17.8. The molecule has 2 aromatic heterocycles. The van der Waals surface area contributed by atoms with E-state index in [2.05, 4.69) is 30.5 Å². The molecule has 1 atom stereocenters. The third-order valence-corrected chi connectivity index (χ3v) is 5.11. The number of pyridine rings is 1. The second-order valence-electron chi connectivity index (χ2n) is 7.08. The Morgan fingerprint density at radius 3 is 2.72 bits per heavy atom. The molecule has 0 amide bonds. The maximum absolute atomic E-state index is 12.8. The fourth-order valence-electron chi connectivity index (χ4n) is 3.66. The molecule has 1 fully saturated rings.